The van der Waals surface area contributed by atoms with Gasteiger partial charge in [-0.2, -0.15) is 0 Å². The molecule has 132 valence electrons. The fourth-order valence-corrected chi connectivity index (χ4v) is 5.58. The summed E-state index contributed by atoms with van der Waals surface area (Å²) in [4.78, 5) is 16.4. The zero-order valence-electron chi connectivity index (χ0n) is 14.2. The van der Waals surface area contributed by atoms with E-state index in [2.05, 4.69) is 10.1 Å². The number of nitrogens with zero attached hydrogens (tertiary/aromatic N) is 3. The lowest BCUT2D eigenvalue weighted by molar-refractivity contribution is -0.136. The van der Waals surface area contributed by atoms with Crippen molar-refractivity contribution in [2.75, 3.05) is 38.5 Å². The summed E-state index contributed by atoms with van der Waals surface area (Å²) in [6.45, 7) is 6.99. The van der Waals surface area contributed by atoms with Crippen molar-refractivity contribution in [2.45, 2.75) is 43.6 Å². The average molecular weight is 351 g/mol. The van der Waals surface area contributed by atoms with Crippen LogP contribution >= 0.6 is 11.8 Å². The first-order chi connectivity index (χ1) is 11.6. The molecular formula is C17H25N3O3S. The molecule has 4 heterocycles. The number of hydrogen-bond donors (Lipinski definition) is 0. The number of carbonyl (C=O) groups is 1. The summed E-state index contributed by atoms with van der Waals surface area (Å²) >= 11 is 2.01. The maximum Gasteiger partial charge on any atom is 0.248 e. The molecule has 1 amide bonds. The first kappa shape index (κ1) is 16.4. The number of hydrogen-bond acceptors (Lipinski definition) is 6. The fourth-order valence-electron chi connectivity index (χ4n) is 3.98. The van der Waals surface area contributed by atoms with Gasteiger partial charge in [-0.05, 0) is 26.2 Å². The summed E-state index contributed by atoms with van der Waals surface area (Å²) in [5.41, 5.74) is 1.01. The highest BCUT2D eigenvalue weighted by Gasteiger charge is 2.49. The van der Waals surface area contributed by atoms with Crippen molar-refractivity contribution in [3.8, 4) is 0 Å². The van der Waals surface area contributed by atoms with Gasteiger partial charge < -0.3 is 14.2 Å². The molecule has 4 rings (SSSR count). The number of aromatic nitrogens is 1. The molecule has 1 unspecified atom stereocenters. The third-order valence-corrected chi connectivity index (χ3v) is 6.74. The minimum atomic E-state index is 0.162. The Bertz CT molecular complexity index is 594. The molecule has 0 aromatic carbocycles. The Hall–Kier alpha value is -1.05. The summed E-state index contributed by atoms with van der Waals surface area (Å²) in [6.07, 6.45) is 3.54. The van der Waals surface area contributed by atoms with Gasteiger partial charge in [-0.25, -0.2) is 0 Å². The lowest BCUT2D eigenvalue weighted by Crippen LogP contribution is -2.58. The van der Waals surface area contributed by atoms with Crippen LogP contribution in [0.4, 0.5) is 0 Å². The van der Waals surface area contributed by atoms with Gasteiger partial charge >= 0.3 is 0 Å². The van der Waals surface area contributed by atoms with Crippen molar-refractivity contribution in [2.24, 2.45) is 0 Å². The van der Waals surface area contributed by atoms with E-state index in [-0.39, 0.29) is 18.6 Å². The topological polar surface area (TPSA) is 58.8 Å². The van der Waals surface area contributed by atoms with Gasteiger partial charge in [0.25, 0.3) is 0 Å². The van der Waals surface area contributed by atoms with E-state index in [0.717, 1.165) is 69.2 Å². The van der Waals surface area contributed by atoms with Gasteiger partial charge in [-0.3, -0.25) is 9.69 Å². The Morgan fingerprint density at radius 2 is 2.25 bits per heavy atom. The first-order valence-corrected chi connectivity index (χ1v) is 9.78. The van der Waals surface area contributed by atoms with Crippen LogP contribution in [0.5, 0.6) is 0 Å². The minimum absolute atomic E-state index is 0.162. The second kappa shape index (κ2) is 6.69. The summed E-state index contributed by atoms with van der Waals surface area (Å²) in [5.74, 6) is 2.03. The molecule has 1 aromatic rings. The van der Waals surface area contributed by atoms with Crippen molar-refractivity contribution in [3.63, 3.8) is 0 Å². The predicted molar refractivity (Wildman–Crippen MR) is 91.9 cm³/mol. The minimum Gasteiger partial charge on any atom is -0.367 e. The van der Waals surface area contributed by atoms with Crippen LogP contribution in [-0.4, -0.2) is 70.3 Å². The Kier molecular flexibility index (Phi) is 4.58. The van der Waals surface area contributed by atoms with Crippen LogP contribution in [0.1, 0.15) is 30.7 Å². The Morgan fingerprint density at radius 1 is 1.46 bits per heavy atom. The largest absolute Gasteiger partial charge is 0.367 e. The molecule has 1 spiro atoms. The van der Waals surface area contributed by atoms with Gasteiger partial charge in [0, 0.05) is 49.3 Å². The molecule has 0 N–H and O–H groups in total. The summed E-state index contributed by atoms with van der Waals surface area (Å²) in [5, 5.41) is 4.06. The van der Waals surface area contributed by atoms with Crippen LogP contribution in [0.25, 0.3) is 0 Å². The van der Waals surface area contributed by atoms with Crippen LogP contribution in [0.15, 0.2) is 10.6 Å². The van der Waals surface area contributed by atoms with Crippen molar-refractivity contribution in [1.82, 2.24) is 15.0 Å². The lowest BCUT2D eigenvalue weighted by Gasteiger charge is -2.47. The molecule has 3 fully saturated rings. The summed E-state index contributed by atoms with van der Waals surface area (Å²) < 4.78 is 11.4. The van der Waals surface area contributed by atoms with Crippen molar-refractivity contribution in [1.29, 1.82) is 0 Å². The van der Waals surface area contributed by atoms with Gasteiger partial charge in [-0.15, -0.1) is 11.8 Å². The summed E-state index contributed by atoms with van der Waals surface area (Å²) in [7, 11) is 0. The maximum atomic E-state index is 12.1. The van der Waals surface area contributed by atoms with Crippen molar-refractivity contribution < 1.29 is 14.1 Å². The smallest absolute Gasteiger partial charge is 0.248 e. The molecule has 1 atom stereocenters. The molecule has 0 bridgehead atoms. The third kappa shape index (κ3) is 3.48. The van der Waals surface area contributed by atoms with E-state index in [4.69, 9.17) is 9.26 Å². The van der Waals surface area contributed by atoms with Crippen LogP contribution in [0.3, 0.4) is 0 Å². The third-order valence-electron chi connectivity index (χ3n) is 5.16. The SMILES string of the molecule is Cc1cc(CN2CC3(CC(OCC(=O)N4CCCC4)CS3)C2)no1. The van der Waals surface area contributed by atoms with Gasteiger partial charge in [0.1, 0.15) is 12.4 Å². The Labute approximate surface area is 146 Å². The molecule has 0 saturated carbocycles. The number of ether oxygens (including phenoxy) is 1. The molecule has 7 heteroatoms. The number of thioether (sulfide) groups is 1. The van der Waals surface area contributed by atoms with E-state index < -0.39 is 0 Å². The number of carbonyl (C=O) groups excluding carboxylic acids is 1. The van der Waals surface area contributed by atoms with Crippen molar-refractivity contribution in [3.05, 3.63) is 17.5 Å². The normalized spacial score (nSPS) is 26.2. The fraction of sp³-hybridized carbons (Fsp3) is 0.765. The van der Waals surface area contributed by atoms with E-state index in [9.17, 15) is 4.79 Å². The molecule has 3 aliphatic heterocycles. The maximum absolute atomic E-state index is 12.1. The van der Waals surface area contributed by atoms with E-state index in [1.165, 1.54) is 0 Å². The summed E-state index contributed by atoms with van der Waals surface area (Å²) in [6, 6.07) is 2.00. The van der Waals surface area contributed by atoms with E-state index in [1.807, 2.05) is 29.7 Å². The highest BCUT2D eigenvalue weighted by Crippen LogP contribution is 2.46. The second-order valence-corrected chi connectivity index (χ2v) is 8.78. The molecule has 3 aliphatic rings. The predicted octanol–water partition coefficient (Wildman–Crippen LogP) is 1.68. The zero-order valence-corrected chi connectivity index (χ0v) is 15.0. The van der Waals surface area contributed by atoms with Gasteiger partial charge in [0.2, 0.25) is 5.91 Å². The monoisotopic (exact) mass is 351 g/mol. The van der Waals surface area contributed by atoms with Crippen LogP contribution in [-0.2, 0) is 16.1 Å². The zero-order chi connectivity index (χ0) is 16.6. The molecule has 24 heavy (non-hydrogen) atoms. The number of likely N-dealkylation sites (tertiary alicyclic amines) is 2. The van der Waals surface area contributed by atoms with Crippen LogP contribution in [0.2, 0.25) is 0 Å². The quantitative estimate of drug-likeness (QED) is 0.804. The van der Waals surface area contributed by atoms with Crippen LogP contribution in [0, 0.1) is 6.92 Å². The second-order valence-electron chi connectivity index (χ2n) is 7.29. The lowest BCUT2D eigenvalue weighted by atomic mass is 9.93. The van der Waals surface area contributed by atoms with Gasteiger partial charge in [-0.1, -0.05) is 5.16 Å². The average Bonchev–Trinajstić information content (AvgIpc) is 3.25. The van der Waals surface area contributed by atoms with E-state index in [1.54, 1.807) is 0 Å². The highest BCUT2D eigenvalue weighted by molar-refractivity contribution is 8.01. The molecule has 0 radical (unpaired) electrons. The molecular weight excluding hydrogens is 326 g/mol. The number of amides is 1. The number of aryl methyl sites for hydroxylation is 1. The number of rotatable bonds is 5. The molecule has 0 aliphatic carbocycles. The highest BCUT2D eigenvalue weighted by atomic mass is 32.2. The van der Waals surface area contributed by atoms with E-state index in [0.29, 0.717) is 4.75 Å². The van der Waals surface area contributed by atoms with Gasteiger partial charge in [0.05, 0.1) is 11.8 Å². The van der Waals surface area contributed by atoms with Crippen LogP contribution < -0.4 is 0 Å². The standard InChI is InChI=1S/C17H25N3O3S/c1-13-6-14(18-23-13)8-19-11-17(12-19)7-15(10-24-17)22-9-16(21)20-4-2-3-5-20/h6,15H,2-5,7-12H2,1H3. The molecule has 1 aromatic heterocycles. The molecule has 6 nitrogen and oxygen atoms in total. The molecule has 3 saturated heterocycles. The van der Waals surface area contributed by atoms with Gasteiger partial charge in [0.15, 0.2) is 0 Å². The Morgan fingerprint density at radius 3 is 2.96 bits per heavy atom. The van der Waals surface area contributed by atoms with Crippen molar-refractivity contribution >= 4 is 17.7 Å². The van der Waals surface area contributed by atoms with E-state index >= 15 is 0 Å². The Balaban J connectivity index is 1.19. The first-order valence-electron chi connectivity index (χ1n) is 8.80.